The Kier molecular flexibility index (Phi) is 2.64. The summed E-state index contributed by atoms with van der Waals surface area (Å²) in [6.07, 6.45) is 0. The van der Waals surface area contributed by atoms with E-state index in [1.165, 1.54) is 0 Å². The molecule has 9 aromatic carbocycles. The molecule has 0 aliphatic carbocycles. The molecule has 0 aliphatic heterocycles. The van der Waals surface area contributed by atoms with Gasteiger partial charge in [-0.3, -0.25) is 0 Å². The van der Waals surface area contributed by atoms with E-state index in [9.17, 15) is 13.7 Å². The molecule has 50 heavy (non-hydrogen) atoms. The lowest BCUT2D eigenvalue weighted by Crippen LogP contribution is -2.09. The normalized spacial score (nSPS) is 20.0. The van der Waals surface area contributed by atoms with Crippen LogP contribution in [0.1, 0.15) is 41.1 Å². The van der Waals surface area contributed by atoms with Crippen molar-refractivity contribution in [3.8, 4) is 22.3 Å². The summed E-state index contributed by atoms with van der Waals surface area (Å²) in [6, 6.07) is -27.3. The first-order chi connectivity index (χ1) is 37.3. The van der Waals surface area contributed by atoms with Gasteiger partial charge in [-0.15, -0.1) is 0 Å². The molecule has 0 saturated carbocycles. The fourth-order valence-corrected chi connectivity index (χ4v) is 5.48. The quantitative estimate of drug-likeness (QED) is 0.182. The average Bonchev–Trinajstić information content (AvgIpc) is 3.83. The van der Waals surface area contributed by atoms with Crippen molar-refractivity contribution in [2.24, 2.45) is 0 Å². The monoisotopic (exact) mass is 667 g/mol. The SMILES string of the molecule is [2H]c1c([2H])c([2H])c(-c2c([2H])c([2H])c3oc4c5c([2H])c([2H])c([2H])c([2H])c5c(-c5c([2H])c([2H])c(N(c6cc7c([2H])c([2H])c([2H])c([2H])c7c([2H])c6[2H])c6c([2H])c([2H])c7c([2H])c([2H])c([2H])c([2H])c7c6[2H])c([2H])c5[2H])c([2H])c4c3c2[2H])c([2H])c1[2H]. The molecule has 0 N–H and O–H groups in total. The summed E-state index contributed by atoms with van der Waals surface area (Å²) < 4.78 is 275. The molecule has 0 bridgehead atoms. The van der Waals surface area contributed by atoms with Crippen LogP contribution in [0.3, 0.4) is 0 Å². The summed E-state index contributed by atoms with van der Waals surface area (Å²) in [6.45, 7) is 0. The topological polar surface area (TPSA) is 16.4 Å². The Labute approximate surface area is 332 Å². The summed E-state index contributed by atoms with van der Waals surface area (Å²) in [5.41, 5.74) is -7.23. The molecule has 0 aliphatic rings. The van der Waals surface area contributed by atoms with Crippen molar-refractivity contribution >= 4 is 71.3 Å². The lowest BCUT2D eigenvalue weighted by molar-refractivity contribution is 0.673. The van der Waals surface area contributed by atoms with Crippen molar-refractivity contribution in [2.45, 2.75) is 0 Å². The Balaban J connectivity index is 1.40. The highest BCUT2D eigenvalue weighted by molar-refractivity contribution is 6.19. The molecule has 1 heterocycles. The minimum Gasteiger partial charge on any atom is -0.455 e. The second kappa shape index (κ2) is 11.5. The smallest absolute Gasteiger partial charge is 0.143 e. The maximum atomic E-state index is 9.89. The van der Waals surface area contributed by atoms with E-state index in [0.717, 1.165) is 6.07 Å². The van der Waals surface area contributed by atoms with Gasteiger partial charge < -0.3 is 9.32 Å². The Hall–Kier alpha value is -6.64. The highest BCUT2D eigenvalue weighted by Gasteiger charge is 2.18. The first kappa shape index (κ1) is 11.5. The number of hydrogen-bond donors (Lipinski definition) is 0. The lowest BCUT2D eigenvalue weighted by atomic mass is 9.94. The van der Waals surface area contributed by atoms with E-state index < -0.39 is 275 Å². The van der Waals surface area contributed by atoms with Crippen LogP contribution < -0.4 is 4.90 Å². The molecule has 2 heteroatoms. The van der Waals surface area contributed by atoms with Crippen LogP contribution in [0.5, 0.6) is 0 Å². The summed E-state index contributed by atoms with van der Waals surface area (Å²) >= 11 is 0. The molecule has 1 aromatic heterocycles. The maximum Gasteiger partial charge on any atom is 0.143 e. The molecule has 10 aromatic rings. The van der Waals surface area contributed by atoms with Gasteiger partial charge in [-0.1, -0.05) is 133 Å². The van der Waals surface area contributed by atoms with Gasteiger partial charge in [0.05, 0.1) is 41.1 Å². The second-order valence-corrected chi connectivity index (χ2v) is 10.6. The van der Waals surface area contributed by atoms with Gasteiger partial charge in [0, 0.05) is 33.2 Å². The summed E-state index contributed by atoms with van der Waals surface area (Å²) in [5.74, 6) is 0. The van der Waals surface area contributed by atoms with Crippen molar-refractivity contribution < 1.29 is 45.5 Å². The third-order valence-electron chi connectivity index (χ3n) is 7.72. The number of nitrogens with zero attached hydrogens (tertiary/aromatic N) is 1. The Morgan fingerprint density at radius 3 is 1.80 bits per heavy atom. The van der Waals surface area contributed by atoms with Gasteiger partial charge in [0.1, 0.15) is 11.2 Å². The zero-order valence-corrected chi connectivity index (χ0v) is 24.9. The minimum absolute atomic E-state index is 0.479. The first-order valence-corrected chi connectivity index (χ1v) is 14.7. The highest BCUT2D eigenvalue weighted by atomic mass is 16.3. The van der Waals surface area contributed by atoms with Crippen LogP contribution in [-0.4, -0.2) is 0 Å². The van der Waals surface area contributed by atoms with Gasteiger partial charge in [-0.2, -0.15) is 0 Å². The van der Waals surface area contributed by atoms with Crippen LogP contribution in [0.25, 0.3) is 76.5 Å². The van der Waals surface area contributed by atoms with Crippen LogP contribution in [0.15, 0.2) is 192 Å². The van der Waals surface area contributed by atoms with E-state index in [-0.39, 0.29) is 0 Å². The van der Waals surface area contributed by atoms with Gasteiger partial charge in [0.15, 0.2) is 0 Å². The lowest BCUT2D eigenvalue weighted by Gasteiger charge is -2.26. The molecule has 0 unspecified atom stereocenters. The molecule has 0 spiro atoms. The third kappa shape index (κ3) is 4.73. The number of fused-ring (bicyclic) bond motifs is 7. The van der Waals surface area contributed by atoms with Crippen LogP contribution in [-0.2, 0) is 0 Å². The molecule has 0 fully saturated rings. The molecule has 0 saturated heterocycles. The molecule has 10 rings (SSSR count). The average molecular weight is 668 g/mol. The zero-order valence-electron chi connectivity index (χ0n) is 54.9. The number of hydrogen-bond acceptors (Lipinski definition) is 2. The van der Waals surface area contributed by atoms with E-state index in [1.54, 1.807) is 0 Å². The fraction of sp³-hybridized carbons (Fsp3) is 0. The van der Waals surface area contributed by atoms with Crippen LogP contribution in [0.2, 0.25) is 0 Å². The number of furan rings is 1. The molecular formula is C48H31NO. The van der Waals surface area contributed by atoms with E-state index in [2.05, 4.69) is 0 Å². The maximum absolute atomic E-state index is 9.89. The van der Waals surface area contributed by atoms with Crippen molar-refractivity contribution in [1.82, 2.24) is 0 Å². The molecular weight excluding hydrogens is 607 g/mol. The van der Waals surface area contributed by atoms with Gasteiger partial charge in [0.25, 0.3) is 0 Å². The minimum atomic E-state index is -1.22. The number of rotatable bonds is 5. The molecule has 2 nitrogen and oxygen atoms in total. The van der Waals surface area contributed by atoms with Crippen molar-refractivity contribution in [3.63, 3.8) is 0 Å². The molecule has 234 valence electrons. The van der Waals surface area contributed by atoms with Crippen LogP contribution in [0, 0.1) is 0 Å². The molecule has 0 radical (unpaired) electrons. The summed E-state index contributed by atoms with van der Waals surface area (Å²) in [7, 11) is 0. The van der Waals surface area contributed by atoms with Crippen LogP contribution >= 0.6 is 0 Å². The largest absolute Gasteiger partial charge is 0.455 e. The number of benzene rings is 9. The van der Waals surface area contributed by atoms with E-state index in [4.69, 9.17) is 31.8 Å². The first-order valence-electron chi connectivity index (χ1n) is 29.7. The zero-order chi connectivity index (χ0) is 59.1. The van der Waals surface area contributed by atoms with Gasteiger partial charge in [-0.25, -0.2) is 0 Å². The Morgan fingerprint density at radius 2 is 1.00 bits per heavy atom. The highest BCUT2D eigenvalue weighted by Crippen LogP contribution is 2.43. The standard InChI is InChI=1S/C48H31NO/c1-2-10-32(11-3-1)38-22-27-47-45(30-38)46-31-44(42-16-8-9-17-43(42)48(46)50-47)35-20-23-39(24-21-35)49(40-25-18-33-12-4-6-14-36(33)28-40)41-26-19-34-13-5-7-15-37(34)29-41/h1-31H/i1D,2D,3D,4D,5D,6D,7D,8D,9D,10D,11D,12D,13D,14D,15D,16D,17D,18D,19D,20D,21D,22D,23D,24D,25D,26D,27D,28D,30D,31D. The molecule has 0 atom stereocenters. The fourth-order valence-electron chi connectivity index (χ4n) is 5.48. The summed E-state index contributed by atoms with van der Waals surface area (Å²) in [5, 5.41) is -4.84. The predicted octanol–water partition coefficient (Wildman–Crippen LogP) is 13.8. The van der Waals surface area contributed by atoms with E-state index >= 15 is 0 Å². The van der Waals surface area contributed by atoms with Gasteiger partial charge >= 0.3 is 0 Å². The Bertz CT molecular complexity index is 4550. The van der Waals surface area contributed by atoms with E-state index in [0.29, 0.717) is 4.90 Å². The van der Waals surface area contributed by atoms with E-state index in [1.807, 2.05) is 0 Å². The Morgan fingerprint density at radius 1 is 0.380 bits per heavy atom. The summed E-state index contributed by atoms with van der Waals surface area (Å²) in [4.78, 5) is 0.523. The van der Waals surface area contributed by atoms with Crippen molar-refractivity contribution in [3.05, 3.63) is 187 Å². The van der Waals surface area contributed by atoms with Crippen LogP contribution in [0.4, 0.5) is 17.1 Å². The predicted molar refractivity (Wildman–Crippen MR) is 212 cm³/mol. The third-order valence-corrected chi connectivity index (χ3v) is 7.72. The molecule has 0 amide bonds. The van der Waals surface area contributed by atoms with Gasteiger partial charge in [-0.05, 0) is 104 Å². The van der Waals surface area contributed by atoms with Crippen molar-refractivity contribution in [2.75, 3.05) is 4.90 Å². The van der Waals surface area contributed by atoms with Crippen molar-refractivity contribution in [1.29, 1.82) is 0 Å². The second-order valence-electron chi connectivity index (χ2n) is 10.6. The number of anilines is 3. The van der Waals surface area contributed by atoms with Gasteiger partial charge in [0.2, 0.25) is 0 Å².